The Bertz CT molecular complexity index is 935. The average molecular weight is 355 g/mol. The van der Waals surface area contributed by atoms with E-state index in [0.29, 0.717) is 5.56 Å². The van der Waals surface area contributed by atoms with Crippen molar-refractivity contribution in [1.29, 1.82) is 0 Å². The summed E-state index contributed by atoms with van der Waals surface area (Å²) in [6.07, 6.45) is 0. The molecule has 0 bridgehead atoms. The number of carbonyl (C=O) groups excluding carboxylic acids is 1. The monoisotopic (exact) mass is 355 g/mol. The van der Waals surface area contributed by atoms with Gasteiger partial charge in [0.2, 0.25) is 0 Å². The maximum absolute atomic E-state index is 11.8. The highest BCUT2D eigenvalue weighted by Crippen LogP contribution is 2.27. The van der Waals surface area contributed by atoms with E-state index in [1.165, 1.54) is 0 Å². The Morgan fingerprint density at radius 1 is 1.08 bits per heavy atom. The van der Waals surface area contributed by atoms with Crippen molar-refractivity contribution in [3.05, 3.63) is 75.5 Å². The van der Waals surface area contributed by atoms with E-state index in [1.54, 1.807) is 30.3 Å². The quantitative estimate of drug-likeness (QED) is 0.264. The van der Waals surface area contributed by atoms with Crippen LogP contribution in [0.25, 0.3) is 5.76 Å². The second kappa shape index (κ2) is 7.79. The van der Waals surface area contributed by atoms with Gasteiger partial charge in [0.15, 0.2) is 17.2 Å². The zero-order valence-electron chi connectivity index (χ0n) is 13.5. The van der Waals surface area contributed by atoms with E-state index in [1.807, 2.05) is 0 Å². The number of carbonyl (C=O) groups is 2. The highest BCUT2D eigenvalue weighted by molar-refractivity contribution is 5.99. The van der Waals surface area contributed by atoms with Crippen LogP contribution < -0.4 is 0 Å². The number of nitro benzene ring substituents is 1. The van der Waals surface area contributed by atoms with Gasteiger partial charge in [-0.15, -0.1) is 10.2 Å². The molecule has 9 heteroatoms. The molecule has 0 aliphatic heterocycles. The molecule has 0 amide bonds. The summed E-state index contributed by atoms with van der Waals surface area (Å²) in [7, 11) is 0. The van der Waals surface area contributed by atoms with Gasteiger partial charge in [-0.05, 0) is 6.07 Å². The molecule has 0 fully saturated rings. The molecule has 2 aromatic rings. The summed E-state index contributed by atoms with van der Waals surface area (Å²) in [6, 6.07) is 11.0. The van der Waals surface area contributed by atoms with Crippen LogP contribution in [0, 0.1) is 10.1 Å². The molecule has 0 atom stereocenters. The number of aliphatic hydroxyl groups is 1. The molecule has 9 nitrogen and oxygen atoms in total. The van der Waals surface area contributed by atoms with Crippen molar-refractivity contribution in [2.45, 2.75) is 6.92 Å². The largest absolute Gasteiger partial charge is 0.505 e. The first-order chi connectivity index (χ1) is 12.3. The number of Topliss-reactive ketones (excluding diaryl/α,β-unsaturated/α-hetero) is 1. The summed E-state index contributed by atoms with van der Waals surface area (Å²) in [5.41, 5.74) is -1.12. The Morgan fingerprint density at radius 3 is 2.27 bits per heavy atom. The summed E-state index contributed by atoms with van der Waals surface area (Å²) in [4.78, 5) is 33.2. The fraction of sp³-hybridized carbons (Fsp3) is 0.0588. The van der Waals surface area contributed by atoms with E-state index in [2.05, 4.69) is 10.2 Å². The lowest BCUT2D eigenvalue weighted by molar-refractivity contribution is -0.384. The lowest BCUT2D eigenvalue weighted by Crippen LogP contribution is -2.00. The zero-order valence-corrected chi connectivity index (χ0v) is 13.5. The van der Waals surface area contributed by atoms with Crippen LogP contribution in [-0.2, 0) is 4.79 Å². The number of allylic oxidation sites excluding steroid dienone is 1. The molecule has 26 heavy (non-hydrogen) atoms. The van der Waals surface area contributed by atoms with E-state index in [9.17, 15) is 24.8 Å². The van der Waals surface area contributed by atoms with Crippen molar-refractivity contribution in [2.75, 3.05) is 0 Å². The van der Waals surface area contributed by atoms with Gasteiger partial charge in [0, 0.05) is 24.6 Å². The van der Waals surface area contributed by atoms with Gasteiger partial charge in [-0.3, -0.25) is 14.9 Å². The Labute approximate surface area is 147 Å². The number of nitrogens with zero attached hydrogens (tertiary/aromatic N) is 3. The van der Waals surface area contributed by atoms with Gasteiger partial charge in [0.1, 0.15) is 5.69 Å². The number of hydrogen-bond donors (Lipinski definition) is 2. The maximum atomic E-state index is 11.8. The van der Waals surface area contributed by atoms with Gasteiger partial charge in [-0.25, -0.2) is 4.79 Å². The van der Waals surface area contributed by atoms with Crippen molar-refractivity contribution < 1.29 is 24.7 Å². The van der Waals surface area contributed by atoms with Crippen LogP contribution in [0.15, 0.2) is 64.5 Å². The van der Waals surface area contributed by atoms with E-state index < -0.39 is 28.1 Å². The first-order valence-corrected chi connectivity index (χ1v) is 7.24. The Balaban J connectivity index is 2.55. The minimum Gasteiger partial charge on any atom is -0.505 e. The second-order valence-electron chi connectivity index (χ2n) is 5.08. The predicted molar refractivity (Wildman–Crippen MR) is 91.2 cm³/mol. The number of aromatic carboxylic acids is 1. The number of azo groups is 1. The lowest BCUT2D eigenvalue weighted by atomic mass is 10.1. The highest BCUT2D eigenvalue weighted by atomic mass is 16.6. The number of non-ortho nitro benzene ring substituents is 1. The van der Waals surface area contributed by atoms with Crippen molar-refractivity contribution in [3.63, 3.8) is 0 Å². The van der Waals surface area contributed by atoms with Crippen molar-refractivity contribution in [2.24, 2.45) is 10.2 Å². The van der Waals surface area contributed by atoms with Crippen LogP contribution in [0.5, 0.6) is 0 Å². The van der Waals surface area contributed by atoms with Crippen LogP contribution in [0.3, 0.4) is 0 Å². The van der Waals surface area contributed by atoms with Gasteiger partial charge in [-0.2, -0.15) is 0 Å². The zero-order chi connectivity index (χ0) is 19.3. The molecular formula is C17H13N3O6. The van der Waals surface area contributed by atoms with E-state index in [4.69, 9.17) is 5.11 Å². The third-order valence-electron chi connectivity index (χ3n) is 3.29. The van der Waals surface area contributed by atoms with Crippen LogP contribution in [0.2, 0.25) is 0 Å². The summed E-state index contributed by atoms with van der Waals surface area (Å²) < 4.78 is 0. The number of nitro groups is 1. The number of benzene rings is 2. The minimum atomic E-state index is -1.37. The third-order valence-corrected chi connectivity index (χ3v) is 3.29. The topological polar surface area (TPSA) is 142 Å². The summed E-state index contributed by atoms with van der Waals surface area (Å²) in [6.45, 7) is 1.15. The summed E-state index contributed by atoms with van der Waals surface area (Å²) in [5, 5.41) is 37.5. The van der Waals surface area contributed by atoms with E-state index >= 15 is 0 Å². The predicted octanol–water partition coefficient (Wildman–Crippen LogP) is 3.89. The smallest absolute Gasteiger partial charge is 0.337 e. The number of hydrogen-bond acceptors (Lipinski definition) is 7. The molecule has 0 aliphatic carbocycles. The van der Waals surface area contributed by atoms with Gasteiger partial charge in [0.05, 0.1) is 10.5 Å². The Kier molecular flexibility index (Phi) is 5.53. The highest BCUT2D eigenvalue weighted by Gasteiger charge is 2.17. The van der Waals surface area contributed by atoms with Gasteiger partial charge < -0.3 is 10.2 Å². The molecule has 0 saturated heterocycles. The second-order valence-corrected chi connectivity index (χ2v) is 5.08. The van der Waals surface area contributed by atoms with Crippen LogP contribution in [0.1, 0.15) is 22.8 Å². The number of carboxylic acids is 1. The third kappa shape index (κ3) is 4.15. The molecule has 132 valence electrons. The van der Waals surface area contributed by atoms with Gasteiger partial charge in [0.25, 0.3) is 5.69 Å². The van der Waals surface area contributed by atoms with Crippen LogP contribution in [0.4, 0.5) is 11.4 Å². The first kappa shape index (κ1) is 18.5. The average Bonchev–Trinajstić information content (AvgIpc) is 2.61. The summed E-state index contributed by atoms with van der Waals surface area (Å²) >= 11 is 0. The molecule has 2 rings (SSSR count). The van der Waals surface area contributed by atoms with Crippen LogP contribution in [-0.4, -0.2) is 26.9 Å². The van der Waals surface area contributed by atoms with Crippen LogP contribution >= 0.6 is 0 Å². The normalized spacial score (nSPS) is 11.9. The molecule has 0 aromatic heterocycles. The SMILES string of the molecule is CC(=O)C(N=Nc1cc([N+](=O)[O-])ccc1C(=O)O)=C(O)c1ccccc1. The Hall–Kier alpha value is -3.88. The molecule has 2 aromatic carbocycles. The van der Waals surface area contributed by atoms with Gasteiger partial charge >= 0.3 is 5.97 Å². The number of rotatable bonds is 6. The fourth-order valence-corrected chi connectivity index (χ4v) is 2.02. The minimum absolute atomic E-state index is 0.314. The van der Waals surface area contributed by atoms with E-state index in [-0.39, 0.29) is 16.9 Å². The van der Waals surface area contributed by atoms with Crippen molar-refractivity contribution in [3.8, 4) is 0 Å². The first-order valence-electron chi connectivity index (χ1n) is 7.24. The molecule has 0 radical (unpaired) electrons. The number of carboxylic acid groups (broad SMARTS) is 1. The molecule has 0 spiro atoms. The molecule has 0 aliphatic rings. The molecule has 0 heterocycles. The number of ketones is 1. The Morgan fingerprint density at radius 2 is 1.73 bits per heavy atom. The molecule has 0 unspecified atom stereocenters. The molecule has 0 saturated carbocycles. The fourth-order valence-electron chi connectivity index (χ4n) is 2.02. The van der Waals surface area contributed by atoms with Crippen molar-refractivity contribution >= 4 is 28.9 Å². The van der Waals surface area contributed by atoms with Gasteiger partial charge in [-0.1, -0.05) is 30.3 Å². The lowest BCUT2D eigenvalue weighted by Gasteiger charge is -2.04. The summed E-state index contributed by atoms with van der Waals surface area (Å²) in [5.74, 6) is -2.42. The molecular weight excluding hydrogens is 342 g/mol. The maximum Gasteiger partial charge on any atom is 0.337 e. The number of aliphatic hydroxyl groups excluding tert-OH is 1. The van der Waals surface area contributed by atoms with E-state index in [0.717, 1.165) is 25.1 Å². The van der Waals surface area contributed by atoms with Crippen molar-refractivity contribution in [1.82, 2.24) is 0 Å². The molecule has 2 N–H and O–H groups in total. The standard InChI is InChI=1S/C17H13N3O6/c1-10(21)15(16(22)11-5-3-2-4-6-11)19-18-14-9-12(20(25)26)7-8-13(14)17(23)24/h2-9,22H,1H3,(H,23,24).